The van der Waals surface area contributed by atoms with E-state index in [2.05, 4.69) is 10.3 Å². The zero-order valence-electron chi connectivity index (χ0n) is 14.2. The zero-order valence-corrected chi connectivity index (χ0v) is 14.2. The highest BCUT2D eigenvalue weighted by Gasteiger charge is 2.30. The van der Waals surface area contributed by atoms with Crippen molar-refractivity contribution in [1.29, 1.82) is 0 Å². The number of hydrogen-bond acceptors (Lipinski definition) is 5. The van der Waals surface area contributed by atoms with Gasteiger partial charge in [0.25, 0.3) is 5.91 Å². The summed E-state index contributed by atoms with van der Waals surface area (Å²) in [4.78, 5) is 31.0. The molecule has 4 rings (SSSR count). The number of fused-ring (bicyclic) bond motifs is 2. The molecule has 134 valence electrons. The zero-order chi connectivity index (χ0) is 17.9. The molecule has 0 radical (unpaired) electrons. The number of pyridine rings is 1. The van der Waals surface area contributed by atoms with Crippen LogP contribution in [0.2, 0.25) is 0 Å². The number of nitrogens with one attached hydrogen (secondary N) is 1. The van der Waals surface area contributed by atoms with Gasteiger partial charge >= 0.3 is 0 Å². The van der Waals surface area contributed by atoms with Gasteiger partial charge in [-0.25, -0.2) is 4.98 Å². The first-order valence-corrected chi connectivity index (χ1v) is 8.64. The molecule has 7 heteroatoms. The lowest BCUT2D eigenvalue weighted by molar-refractivity contribution is -0.120. The molecule has 0 bridgehead atoms. The molecule has 1 atom stereocenters. The Hall–Kier alpha value is -2.93. The summed E-state index contributed by atoms with van der Waals surface area (Å²) >= 11 is 0. The van der Waals surface area contributed by atoms with E-state index in [-0.39, 0.29) is 24.5 Å². The fourth-order valence-electron chi connectivity index (χ4n) is 3.15. The van der Waals surface area contributed by atoms with Gasteiger partial charge < -0.3 is 14.8 Å². The molecule has 2 amide bonds. The molecule has 0 unspecified atom stereocenters. The maximum Gasteiger partial charge on any atom is 0.262 e. The van der Waals surface area contributed by atoms with E-state index in [1.807, 2.05) is 0 Å². The number of amides is 2. The van der Waals surface area contributed by atoms with Gasteiger partial charge in [-0.2, -0.15) is 0 Å². The molecule has 26 heavy (non-hydrogen) atoms. The number of benzene rings is 1. The van der Waals surface area contributed by atoms with E-state index in [1.54, 1.807) is 42.6 Å². The summed E-state index contributed by atoms with van der Waals surface area (Å²) in [7, 11) is 0. The molecule has 2 aromatic rings. The van der Waals surface area contributed by atoms with Crippen LogP contribution in [0.4, 0.5) is 5.69 Å². The Kier molecular flexibility index (Phi) is 4.53. The number of ether oxygens (including phenoxy) is 2. The molecule has 1 aromatic heterocycles. The number of hydrogen-bond donors (Lipinski definition) is 1. The van der Waals surface area contributed by atoms with Crippen molar-refractivity contribution in [2.24, 2.45) is 0 Å². The van der Waals surface area contributed by atoms with Gasteiger partial charge in [0.2, 0.25) is 11.8 Å². The molecular formula is C19H19N3O4. The molecule has 2 aliphatic heterocycles. The van der Waals surface area contributed by atoms with Crippen LogP contribution in [0.5, 0.6) is 11.6 Å². The Morgan fingerprint density at radius 3 is 3.00 bits per heavy atom. The first-order valence-electron chi connectivity index (χ1n) is 8.64. The SMILES string of the molecule is O=C(CN1C(=O)c2ccccc2Oc2ncccc21)NC[C@@H]1CCCO1. The van der Waals surface area contributed by atoms with Gasteiger partial charge in [-0.05, 0) is 37.1 Å². The largest absolute Gasteiger partial charge is 0.436 e. The topological polar surface area (TPSA) is 80.8 Å². The van der Waals surface area contributed by atoms with E-state index in [0.29, 0.717) is 29.4 Å². The molecule has 7 nitrogen and oxygen atoms in total. The van der Waals surface area contributed by atoms with Crippen LogP contribution in [-0.2, 0) is 9.53 Å². The first kappa shape index (κ1) is 16.5. The number of nitrogens with zero attached hydrogens (tertiary/aromatic N) is 2. The van der Waals surface area contributed by atoms with Crippen molar-refractivity contribution in [3.8, 4) is 11.6 Å². The second-order valence-electron chi connectivity index (χ2n) is 6.26. The van der Waals surface area contributed by atoms with Gasteiger partial charge in [0.1, 0.15) is 18.0 Å². The molecule has 0 aliphatic carbocycles. The summed E-state index contributed by atoms with van der Waals surface area (Å²) in [6.45, 7) is 1.08. The van der Waals surface area contributed by atoms with Crippen LogP contribution in [0.1, 0.15) is 23.2 Å². The van der Waals surface area contributed by atoms with E-state index in [4.69, 9.17) is 9.47 Å². The highest BCUT2D eigenvalue weighted by molar-refractivity contribution is 6.11. The van der Waals surface area contributed by atoms with E-state index >= 15 is 0 Å². The minimum absolute atomic E-state index is 0.0526. The summed E-state index contributed by atoms with van der Waals surface area (Å²) in [5, 5.41) is 2.85. The summed E-state index contributed by atoms with van der Waals surface area (Å²) in [6, 6.07) is 10.4. The Labute approximate surface area is 150 Å². The van der Waals surface area contributed by atoms with E-state index in [9.17, 15) is 9.59 Å². The Bertz CT molecular complexity index is 833. The van der Waals surface area contributed by atoms with E-state index in [1.165, 1.54) is 4.90 Å². The highest BCUT2D eigenvalue weighted by atomic mass is 16.5. The van der Waals surface area contributed by atoms with Crippen LogP contribution in [0.25, 0.3) is 0 Å². The number of carbonyl (C=O) groups is 2. The van der Waals surface area contributed by atoms with Gasteiger partial charge in [0.15, 0.2) is 0 Å². The maximum atomic E-state index is 13.0. The second-order valence-corrected chi connectivity index (χ2v) is 6.26. The predicted molar refractivity (Wildman–Crippen MR) is 94.4 cm³/mol. The summed E-state index contributed by atoms with van der Waals surface area (Å²) in [5.41, 5.74) is 0.874. The van der Waals surface area contributed by atoms with Gasteiger partial charge in [-0.1, -0.05) is 12.1 Å². The molecule has 1 saturated heterocycles. The van der Waals surface area contributed by atoms with Gasteiger partial charge in [-0.15, -0.1) is 0 Å². The summed E-state index contributed by atoms with van der Waals surface area (Å²) in [6.07, 6.45) is 3.60. The number of anilines is 1. The van der Waals surface area contributed by atoms with Gasteiger partial charge in [-0.3, -0.25) is 14.5 Å². The lowest BCUT2D eigenvalue weighted by Crippen LogP contribution is -2.42. The highest BCUT2D eigenvalue weighted by Crippen LogP contribution is 2.36. The van der Waals surface area contributed by atoms with Crippen LogP contribution < -0.4 is 15.0 Å². The van der Waals surface area contributed by atoms with Crippen molar-refractivity contribution in [3.05, 3.63) is 48.2 Å². The fourth-order valence-corrected chi connectivity index (χ4v) is 3.15. The monoisotopic (exact) mass is 353 g/mol. The molecular weight excluding hydrogens is 334 g/mol. The third-order valence-corrected chi connectivity index (χ3v) is 4.46. The number of aromatic nitrogens is 1. The Morgan fingerprint density at radius 2 is 2.15 bits per heavy atom. The Morgan fingerprint density at radius 1 is 1.27 bits per heavy atom. The van der Waals surface area contributed by atoms with Gasteiger partial charge in [0.05, 0.1) is 11.7 Å². The minimum Gasteiger partial charge on any atom is -0.436 e. The van der Waals surface area contributed by atoms with Crippen LogP contribution >= 0.6 is 0 Å². The molecule has 0 spiro atoms. The third-order valence-electron chi connectivity index (χ3n) is 4.46. The average Bonchev–Trinajstić information content (AvgIpc) is 3.15. The molecule has 1 fully saturated rings. The van der Waals surface area contributed by atoms with Crippen molar-refractivity contribution in [1.82, 2.24) is 10.3 Å². The smallest absolute Gasteiger partial charge is 0.262 e. The van der Waals surface area contributed by atoms with Crippen molar-refractivity contribution < 1.29 is 19.1 Å². The van der Waals surface area contributed by atoms with Gasteiger partial charge in [0, 0.05) is 19.3 Å². The standard InChI is InChI=1S/C19H19N3O4/c23-17(21-11-13-5-4-10-25-13)12-22-15-7-3-9-20-18(15)26-16-8-2-1-6-14(16)19(22)24/h1-3,6-9,13H,4-5,10-12H2,(H,21,23)/t13-/m0/s1. The van der Waals surface area contributed by atoms with Crippen molar-refractivity contribution >= 4 is 17.5 Å². The van der Waals surface area contributed by atoms with Crippen molar-refractivity contribution in [2.45, 2.75) is 18.9 Å². The van der Waals surface area contributed by atoms with Crippen LogP contribution in [0.15, 0.2) is 42.6 Å². The maximum absolute atomic E-state index is 13.0. The van der Waals surface area contributed by atoms with Crippen molar-refractivity contribution in [2.75, 3.05) is 24.6 Å². The number of carbonyl (C=O) groups excluding carboxylic acids is 2. The molecule has 0 saturated carbocycles. The molecule has 2 aliphatic rings. The quantitative estimate of drug-likeness (QED) is 0.911. The summed E-state index contributed by atoms with van der Waals surface area (Å²) in [5.74, 6) is 0.195. The lowest BCUT2D eigenvalue weighted by atomic mass is 10.1. The van der Waals surface area contributed by atoms with E-state index < -0.39 is 0 Å². The first-order chi connectivity index (χ1) is 12.7. The van der Waals surface area contributed by atoms with Crippen LogP contribution in [0.3, 0.4) is 0 Å². The minimum atomic E-state index is -0.292. The fraction of sp³-hybridized carbons (Fsp3) is 0.316. The predicted octanol–water partition coefficient (Wildman–Crippen LogP) is 2.13. The second kappa shape index (κ2) is 7.13. The normalized spacial score (nSPS) is 18.5. The van der Waals surface area contributed by atoms with Crippen LogP contribution in [-0.4, -0.2) is 42.6 Å². The third kappa shape index (κ3) is 3.25. The van der Waals surface area contributed by atoms with Crippen molar-refractivity contribution in [3.63, 3.8) is 0 Å². The lowest BCUT2D eigenvalue weighted by Gasteiger charge is -2.21. The number of para-hydroxylation sites is 1. The van der Waals surface area contributed by atoms with Crippen LogP contribution in [0, 0.1) is 0 Å². The average molecular weight is 353 g/mol. The molecule has 1 aromatic carbocycles. The molecule has 1 N–H and O–H groups in total. The number of rotatable bonds is 4. The molecule has 3 heterocycles. The van der Waals surface area contributed by atoms with E-state index in [0.717, 1.165) is 19.4 Å². The Balaban J connectivity index is 1.57. The summed E-state index contributed by atoms with van der Waals surface area (Å²) < 4.78 is 11.3.